The Morgan fingerprint density at radius 1 is 1.15 bits per heavy atom. The number of hydrogen-bond acceptors (Lipinski definition) is 4. The number of carbonyl (C=O) groups is 1. The predicted molar refractivity (Wildman–Crippen MR) is 106 cm³/mol. The molecule has 27 heavy (non-hydrogen) atoms. The van der Waals surface area contributed by atoms with E-state index < -0.39 is 10.0 Å². The zero-order valence-corrected chi connectivity index (χ0v) is 16.4. The Balaban J connectivity index is 1.74. The van der Waals surface area contributed by atoms with Gasteiger partial charge in [-0.3, -0.25) is 9.52 Å². The molecule has 1 fully saturated rings. The molecule has 0 radical (unpaired) electrons. The van der Waals surface area contributed by atoms with E-state index in [0.717, 1.165) is 24.1 Å². The molecule has 6 nitrogen and oxygen atoms in total. The molecule has 1 N–H and O–H groups in total. The van der Waals surface area contributed by atoms with E-state index in [1.165, 1.54) is 6.07 Å². The summed E-state index contributed by atoms with van der Waals surface area (Å²) in [5.41, 5.74) is 2.01. The second-order valence-electron chi connectivity index (χ2n) is 6.58. The summed E-state index contributed by atoms with van der Waals surface area (Å²) in [4.78, 5) is 13.7. The molecule has 7 heteroatoms. The highest BCUT2D eigenvalue weighted by Crippen LogP contribution is 2.26. The lowest BCUT2D eigenvalue weighted by Gasteiger charge is -2.16. The number of carbonyl (C=O) groups excluding carboxylic acids is 1. The van der Waals surface area contributed by atoms with Gasteiger partial charge in [0.25, 0.3) is 10.0 Å². The fourth-order valence-electron chi connectivity index (χ4n) is 3.01. The monoisotopic (exact) mass is 388 g/mol. The average Bonchev–Trinajstić information content (AvgIpc) is 3.07. The van der Waals surface area contributed by atoms with E-state index in [2.05, 4.69) is 4.72 Å². The van der Waals surface area contributed by atoms with E-state index in [1.807, 2.05) is 13.8 Å². The molecule has 2 aromatic rings. The zero-order chi connectivity index (χ0) is 19.4. The van der Waals surface area contributed by atoms with E-state index in [-0.39, 0.29) is 10.8 Å². The summed E-state index contributed by atoms with van der Waals surface area (Å²) in [7, 11) is -3.70. The third kappa shape index (κ3) is 4.42. The molecule has 144 valence electrons. The lowest BCUT2D eigenvalue weighted by atomic mass is 10.2. The number of sulfonamides is 1. The van der Waals surface area contributed by atoms with Crippen LogP contribution in [0.5, 0.6) is 5.75 Å². The molecule has 1 amide bonds. The van der Waals surface area contributed by atoms with E-state index in [0.29, 0.717) is 31.0 Å². The highest BCUT2D eigenvalue weighted by molar-refractivity contribution is 7.92. The van der Waals surface area contributed by atoms with Gasteiger partial charge in [0.05, 0.1) is 11.5 Å². The van der Waals surface area contributed by atoms with Crippen LogP contribution in [0.2, 0.25) is 0 Å². The number of anilines is 2. The first-order chi connectivity index (χ1) is 12.9. The maximum absolute atomic E-state index is 12.7. The molecule has 0 aromatic heterocycles. The van der Waals surface area contributed by atoms with Crippen LogP contribution in [-0.2, 0) is 14.8 Å². The van der Waals surface area contributed by atoms with E-state index in [1.54, 1.807) is 41.3 Å². The number of benzene rings is 2. The first kappa shape index (κ1) is 19.2. The number of amides is 1. The summed E-state index contributed by atoms with van der Waals surface area (Å²) >= 11 is 0. The summed E-state index contributed by atoms with van der Waals surface area (Å²) in [6, 6.07) is 11.7. The molecule has 1 saturated heterocycles. The highest BCUT2D eigenvalue weighted by atomic mass is 32.2. The van der Waals surface area contributed by atoms with Gasteiger partial charge in [-0.1, -0.05) is 6.92 Å². The Kier molecular flexibility index (Phi) is 5.70. The van der Waals surface area contributed by atoms with Crippen molar-refractivity contribution in [2.24, 2.45) is 0 Å². The van der Waals surface area contributed by atoms with Crippen LogP contribution >= 0.6 is 0 Å². The molecule has 0 aliphatic carbocycles. The summed E-state index contributed by atoms with van der Waals surface area (Å²) in [6.45, 7) is 5.14. The van der Waals surface area contributed by atoms with Gasteiger partial charge in [-0.15, -0.1) is 0 Å². The van der Waals surface area contributed by atoms with Crippen LogP contribution in [0.3, 0.4) is 0 Å². The molecule has 1 aliphatic heterocycles. The summed E-state index contributed by atoms with van der Waals surface area (Å²) < 4.78 is 33.5. The van der Waals surface area contributed by atoms with Crippen LogP contribution < -0.4 is 14.4 Å². The summed E-state index contributed by atoms with van der Waals surface area (Å²) in [5.74, 6) is 0.791. The number of aryl methyl sites for hydroxylation is 1. The number of nitrogens with zero attached hydrogens (tertiary/aromatic N) is 1. The number of ether oxygens (including phenoxy) is 1. The van der Waals surface area contributed by atoms with Crippen molar-refractivity contribution in [1.29, 1.82) is 0 Å². The molecule has 1 aliphatic rings. The van der Waals surface area contributed by atoms with Gasteiger partial charge in [-0.25, -0.2) is 8.42 Å². The van der Waals surface area contributed by atoms with Crippen LogP contribution in [0.25, 0.3) is 0 Å². The van der Waals surface area contributed by atoms with Crippen molar-refractivity contribution in [2.45, 2.75) is 38.0 Å². The number of nitrogens with one attached hydrogen (secondary N) is 1. The summed E-state index contributed by atoms with van der Waals surface area (Å²) in [5, 5.41) is 0. The van der Waals surface area contributed by atoms with Crippen molar-refractivity contribution in [2.75, 3.05) is 22.8 Å². The van der Waals surface area contributed by atoms with Gasteiger partial charge in [0.2, 0.25) is 5.91 Å². The van der Waals surface area contributed by atoms with E-state index in [4.69, 9.17) is 4.74 Å². The molecule has 0 bridgehead atoms. The van der Waals surface area contributed by atoms with Crippen molar-refractivity contribution >= 4 is 27.3 Å². The van der Waals surface area contributed by atoms with E-state index in [9.17, 15) is 13.2 Å². The van der Waals surface area contributed by atoms with Crippen molar-refractivity contribution < 1.29 is 17.9 Å². The Bertz CT molecular complexity index is 923. The second kappa shape index (κ2) is 8.00. The Morgan fingerprint density at radius 3 is 2.48 bits per heavy atom. The van der Waals surface area contributed by atoms with Gasteiger partial charge in [0, 0.05) is 24.3 Å². The molecule has 0 unspecified atom stereocenters. The molecular weight excluding hydrogens is 364 g/mol. The molecule has 0 saturated carbocycles. The lowest BCUT2D eigenvalue weighted by molar-refractivity contribution is -0.117. The van der Waals surface area contributed by atoms with Gasteiger partial charge in [-0.05, 0) is 67.8 Å². The van der Waals surface area contributed by atoms with Gasteiger partial charge >= 0.3 is 0 Å². The van der Waals surface area contributed by atoms with Crippen LogP contribution in [-0.4, -0.2) is 27.5 Å². The first-order valence-corrected chi connectivity index (χ1v) is 10.6. The molecule has 0 spiro atoms. The highest BCUT2D eigenvalue weighted by Gasteiger charge is 2.22. The second-order valence-corrected chi connectivity index (χ2v) is 8.26. The molecular formula is C20H24N2O4S. The van der Waals surface area contributed by atoms with Crippen molar-refractivity contribution in [3.8, 4) is 5.75 Å². The maximum atomic E-state index is 12.7. The summed E-state index contributed by atoms with van der Waals surface area (Å²) in [6.07, 6.45) is 2.30. The number of hydrogen-bond donors (Lipinski definition) is 1. The largest absolute Gasteiger partial charge is 0.493 e. The number of rotatable bonds is 7. The minimum atomic E-state index is -3.70. The van der Waals surface area contributed by atoms with Crippen molar-refractivity contribution in [3.63, 3.8) is 0 Å². The Hall–Kier alpha value is -2.54. The van der Waals surface area contributed by atoms with Crippen LogP contribution in [0.1, 0.15) is 31.7 Å². The van der Waals surface area contributed by atoms with Crippen LogP contribution in [0.15, 0.2) is 47.4 Å². The van der Waals surface area contributed by atoms with E-state index >= 15 is 0 Å². The molecule has 0 atom stereocenters. The fourth-order valence-corrected chi connectivity index (χ4v) is 4.15. The fraction of sp³-hybridized carbons (Fsp3) is 0.350. The van der Waals surface area contributed by atoms with Crippen LogP contribution in [0, 0.1) is 6.92 Å². The van der Waals surface area contributed by atoms with Crippen molar-refractivity contribution in [1.82, 2.24) is 0 Å². The van der Waals surface area contributed by atoms with Crippen molar-refractivity contribution in [3.05, 3.63) is 48.0 Å². The molecule has 1 heterocycles. The smallest absolute Gasteiger partial charge is 0.261 e. The molecule has 2 aromatic carbocycles. The topological polar surface area (TPSA) is 75.7 Å². The minimum Gasteiger partial charge on any atom is -0.493 e. The van der Waals surface area contributed by atoms with Crippen LogP contribution in [0.4, 0.5) is 11.4 Å². The normalized spacial score (nSPS) is 14.4. The van der Waals surface area contributed by atoms with Gasteiger partial charge in [0.1, 0.15) is 5.75 Å². The average molecular weight is 388 g/mol. The van der Waals surface area contributed by atoms with Gasteiger partial charge < -0.3 is 9.64 Å². The Morgan fingerprint density at radius 2 is 1.89 bits per heavy atom. The third-order valence-electron chi connectivity index (χ3n) is 4.42. The standard InChI is InChI=1S/C20H24N2O4S/c1-3-13-26-19-11-10-18(14-15(19)2)27(24,25)21-16-6-8-17(9-7-16)22-12-4-5-20(22)23/h6-11,14,21H,3-5,12-13H2,1-2H3. The zero-order valence-electron chi connectivity index (χ0n) is 15.6. The lowest BCUT2D eigenvalue weighted by Crippen LogP contribution is -2.23. The molecule has 3 rings (SSSR count). The minimum absolute atomic E-state index is 0.101. The first-order valence-electron chi connectivity index (χ1n) is 9.07. The maximum Gasteiger partial charge on any atom is 0.261 e. The SMILES string of the molecule is CCCOc1ccc(S(=O)(=O)Nc2ccc(N3CCCC3=O)cc2)cc1C. The third-order valence-corrected chi connectivity index (χ3v) is 5.80. The Labute approximate surface area is 160 Å². The van der Waals surface area contributed by atoms with Gasteiger partial charge in [0.15, 0.2) is 0 Å². The quantitative estimate of drug-likeness (QED) is 0.784. The van der Waals surface area contributed by atoms with Gasteiger partial charge in [-0.2, -0.15) is 0 Å². The predicted octanol–water partition coefficient (Wildman–Crippen LogP) is 3.71.